The number of hydrogen-bond acceptors (Lipinski definition) is 3. The highest BCUT2D eigenvalue weighted by Crippen LogP contribution is 2.25. The lowest BCUT2D eigenvalue weighted by atomic mass is 10.4. The zero-order valence-electron chi connectivity index (χ0n) is 8.24. The first-order valence-electron chi connectivity index (χ1n) is 4.24. The fourth-order valence-corrected chi connectivity index (χ4v) is 3.19. The second-order valence-electron chi connectivity index (χ2n) is 3.05. The van der Waals surface area contributed by atoms with Crippen LogP contribution in [-0.4, -0.2) is 14.5 Å². The molecule has 1 N–H and O–H groups in total. The number of benzene rings is 1. The Morgan fingerprint density at radius 1 is 1.56 bits per heavy atom. The highest BCUT2D eigenvalue weighted by molar-refractivity contribution is 9.10. The van der Waals surface area contributed by atoms with E-state index >= 15 is 0 Å². The minimum Gasteiger partial charge on any atom is -0.207 e. The maximum absolute atomic E-state index is 11.8. The monoisotopic (exact) mass is 322 g/mol. The number of sulfonamides is 1. The Morgan fingerprint density at radius 2 is 2.19 bits per heavy atom. The van der Waals surface area contributed by atoms with Gasteiger partial charge in [-0.15, -0.1) is 0 Å². The molecule has 0 aromatic heterocycles. The third-order valence-electron chi connectivity index (χ3n) is 1.71. The molecule has 0 amide bonds. The number of nitriles is 1. The number of halogens is 2. The fraction of sp³-hybridized carbons (Fsp3) is 0.222. The van der Waals surface area contributed by atoms with E-state index in [-0.39, 0.29) is 9.92 Å². The van der Waals surface area contributed by atoms with Gasteiger partial charge in [0.05, 0.1) is 11.1 Å². The Hall–Kier alpha value is -0.610. The summed E-state index contributed by atoms with van der Waals surface area (Å²) in [4.78, 5) is -0.0503. The zero-order valence-corrected chi connectivity index (χ0v) is 11.4. The molecule has 16 heavy (non-hydrogen) atoms. The maximum Gasteiger partial charge on any atom is 0.243 e. The van der Waals surface area contributed by atoms with Crippen LogP contribution in [0.15, 0.2) is 27.6 Å². The summed E-state index contributed by atoms with van der Waals surface area (Å²) >= 11 is 8.94. The van der Waals surface area contributed by atoms with Crippen molar-refractivity contribution in [2.75, 3.05) is 0 Å². The van der Waals surface area contributed by atoms with Gasteiger partial charge in [0.2, 0.25) is 10.0 Å². The molecule has 0 aliphatic carbocycles. The first kappa shape index (κ1) is 13.5. The average molecular weight is 324 g/mol. The maximum atomic E-state index is 11.8. The second kappa shape index (κ2) is 5.15. The van der Waals surface area contributed by atoms with Crippen LogP contribution in [0, 0.1) is 11.3 Å². The third-order valence-corrected chi connectivity index (χ3v) is 4.22. The van der Waals surface area contributed by atoms with E-state index in [1.54, 1.807) is 12.1 Å². The number of rotatable bonds is 3. The van der Waals surface area contributed by atoms with Crippen molar-refractivity contribution in [2.45, 2.75) is 17.9 Å². The summed E-state index contributed by atoms with van der Waals surface area (Å²) in [6.07, 6.45) is 0. The molecule has 0 heterocycles. The summed E-state index contributed by atoms with van der Waals surface area (Å²) in [5.41, 5.74) is 0. The van der Waals surface area contributed by atoms with Gasteiger partial charge in [-0.05, 0) is 25.1 Å². The van der Waals surface area contributed by atoms with E-state index in [4.69, 9.17) is 16.9 Å². The van der Waals surface area contributed by atoms with Crippen LogP contribution < -0.4 is 4.72 Å². The van der Waals surface area contributed by atoms with Crippen LogP contribution in [-0.2, 0) is 10.0 Å². The van der Waals surface area contributed by atoms with E-state index in [0.29, 0.717) is 4.47 Å². The number of nitrogens with one attached hydrogen (secondary N) is 1. The van der Waals surface area contributed by atoms with Crippen molar-refractivity contribution in [2.24, 2.45) is 0 Å². The summed E-state index contributed by atoms with van der Waals surface area (Å²) in [6, 6.07) is 5.46. The van der Waals surface area contributed by atoms with Crippen LogP contribution in [0.1, 0.15) is 6.92 Å². The van der Waals surface area contributed by atoms with Gasteiger partial charge in [0, 0.05) is 4.47 Å². The fourth-order valence-electron chi connectivity index (χ4n) is 1.01. The summed E-state index contributed by atoms with van der Waals surface area (Å²) in [5.74, 6) is 0. The van der Waals surface area contributed by atoms with Gasteiger partial charge in [-0.3, -0.25) is 0 Å². The van der Waals surface area contributed by atoms with Gasteiger partial charge in [-0.1, -0.05) is 27.5 Å². The Bertz CT molecular complexity index is 539. The molecular formula is C9H8BrClN2O2S. The molecule has 0 aliphatic rings. The van der Waals surface area contributed by atoms with Gasteiger partial charge >= 0.3 is 0 Å². The standard InChI is InChI=1S/C9H8BrClN2O2S/c1-6(5-12)13-16(14,15)9-4-7(10)2-3-8(9)11/h2-4,6,13H,1H3. The Labute approximate surface area is 107 Å². The number of hydrogen-bond donors (Lipinski definition) is 1. The summed E-state index contributed by atoms with van der Waals surface area (Å²) < 4.78 is 26.4. The highest BCUT2D eigenvalue weighted by Gasteiger charge is 2.20. The average Bonchev–Trinajstić information content (AvgIpc) is 2.20. The highest BCUT2D eigenvalue weighted by atomic mass is 79.9. The zero-order chi connectivity index (χ0) is 12.3. The Balaban J connectivity index is 3.18. The van der Waals surface area contributed by atoms with Crippen molar-refractivity contribution < 1.29 is 8.42 Å². The quantitative estimate of drug-likeness (QED) is 0.928. The smallest absolute Gasteiger partial charge is 0.207 e. The molecule has 86 valence electrons. The van der Waals surface area contributed by atoms with Crippen molar-refractivity contribution >= 4 is 37.6 Å². The molecule has 1 aromatic rings. The van der Waals surface area contributed by atoms with Crippen molar-refractivity contribution in [3.05, 3.63) is 27.7 Å². The molecule has 0 saturated heterocycles. The molecule has 7 heteroatoms. The van der Waals surface area contributed by atoms with Gasteiger partial charge in [0.25, 0.3) is 0 Å². The summed E-state index contributed by atoms with van der Waals surface area (Å²) in [5, 5.41) is 8.66. The van der Waals surface area contributed by atoms with Gasteiger partial charge in [-0.25, -0.2) is 8.42 Å². The molecule has 4 nitrogen and oxygen atoms in total. The van der Waals surface area contributed by atoms with Crippen LogP contribution in [0.5, 0.6) is 0 Å². The van der Waals surface area contributed by atoms with Crippen LogP contribution in [0.4, 0.5) is 0 Å². The van der Waals surface area contributed by atoms with Gasteiger partial charge in [-0.2, -0.15) is 9.98 Å². The molecule has 0 radical (unpaired) electrons. The topological polar surface area (TPSA) is 70.0 Å². The van der Waals surface area contributed by atoms with Crippen LogP contribution in [0.3, 0.4) is 0 Å². The molecule has 0 bridgehead atoms. The summed E-state index contributed by atoms with van der Waals surface area (Å²) in [7, 11) is -3.76. The third kappa shape index (κ3) is 3.19. The first-order valence-corrected chi connectivity index (χ1v) is 6.89. The van der Waals surface area contributed by atoms with E-state index < -0.39 is 16.1 Å². The van der Waals surface area contributed by atoms with E-state index in [9.17, 15) is 8.42 Å². The van der Waals surface area contributed by atoms with Crippen molar-refractivity contribution in [3.63, 3.8) is 0 Å². The van der Waals surface area contributed by atoms with E-state index in [1.165, 1.54) is 19.1 Å². The minimum atomic E-state index is -3.76. The van der Waals surface area contributed by atoms with E-state index in [2.05, 4.69) is 20.7 Å². The lowest BCUT2D eigenvalue weighted by Crippen LogP contribution is -2.31. The summed E-state index contributed by atoms with van der Waals surface area (Å²) in [6.45, 7) is 1.45. The van der Waals surface area contributed by atoms with Gasteiger partial charge in [0.15, 0.2) is 0 Å². The van der Waals surface area contributed by atoms with Crippen LogP contribution >= 0.6 is 27.5 Å². The predicted octanol–water partition coefficient (Wildman–Crippen LogP) is 2.29. The number of nitrogens with zero attached hydrogens (tertiary/aromatic N) is 1. The molecule has 1 aromatic carbocycles. The lowest BCUT2D eigenvalue weighted by molar-refractivity contribution is 0.577. The second-order valence-corrected chi connectivity index (χ2v) is 6.05. The molecule has 1 atom stereocenters. The van der Waals surface area contributed by atoms with E-state index in [1.807, 2.05) is 0 Å². The molecule has 1 unspecified atom stereocenters. The predicted molar refractivity (Wildman–Crippen MR) is 64.5 cm³/mol. The van der Waals surface area contributed by atoms with Gasteiger partial charge < -0.3 is 0 Å². The van der Waals surface area contributed by atoms with Crippen molar-refractivity contribution in [1.29, 1.82) is 5.26 Å². The van der Waals surface area contributed by atoms with Crippen LogP contribution in [0.25, 0.3) is 0 Å². The minimum absolute atomic E-state index is 0.0503. The largest absolute Gasteiger partial charge is 0.243 e. The molecular weight excluding hydrogens is 316 g/mol. The van der Waals surface area contributed by atoms with Gasteiger partial charge in [0.1, 0.15) is 10.9 Å². The van der Waals surface area contributed by atoms with Crippen molar-refractivity contribution in [3.8, 4) is 6.07 Å². The molecule has 0 spiro atoms. The molecule has 0 fully saturated rings. The van der Waals surface area contributed by atoms with E-state index in [0.717, 1.165) is 0 Å². The lowest BCUT2D eigenvalue weighted by Gasteiger charge is -2.09. The Kier molecular flexibility index (Phi) is 4.33. The molecule has 0 aliphatic heterocycles. The van der Waals surface area contributed by atoms with Crippen molar-refractivity contribution in [1.82, 2.24) is 4.72 Å². The normalized spacial score (nSPS) is 13.1. The first-order chi connectivity index (χ1) is 7.36. The van der Waals surface area contributed by atoms with Crippen LogP contribution in [0.2, 0.25) is 5.02 Å². The molecule has 0 saturated carbocycles. The Morgan fingerprint density at radius 3 is 2.75 bits per heavy atom. The molecule has 1 rings (SSSR count). The SMILES string of the molecule is CC(C#N)NS(=O)(=O)c1cc(Br)ccc1Cl.